The van der Waals surface area contributed by atoms with Crippen LogP contribution in [-0.2, 0) is 4.74 Å². The van der Waals surface area contributed by atoms with Crippen molar-refractivity contribution in [1.82, 2.24) is 4.90 Å². The van der Waals surface area contributed by atoms with Crippen molar-refractivity contribution in [2.75, 3.05) is 19.7 Å². The fourth-order valence-electron chi connectivity index (χ4n) is 4.08. The minimum atomic E-state index is -0.669. The third-order valence-electron chi connectivity index (χ3n) is 5.16. The van der Waals surface area contributed by atoms with E-state index in [1.54, 1.807) is 12.1 Å². The van der Waals surface area contributed by atoms with Crippen LogP contribution in [0.5, 0.6) is 5.75 Å². The third-order valence-corrected chi connectivity index (χ3v) is 5.16. The van der Waals surface area contributed by atoms with Gasteiger partial charge >= 0.3 is 6.09 Å². The lowest BCUT2D eigenvalue weighted by atomic mass is 9.76. The highest BCUT2D eigenvalue weighted by atomic mass is 19.1. The summed E-state index contributed by atoms with van der Waals surface area (Å²) in [5.41, 5.74) is 5.21. The summed E-state index contributed by atoms with van der Waals surface area (Å²) in [6.07, 6.45) is 4.69. The van der Waals surface area contributed by atoms with Gasteiger partial charge in [0.05, 0.1) is 0 Å². The van der Waals surface area contributed by atoms with Crippen molar-refractivity contribution in [2.24, 2.45) is 11.7 Å². The van der Waals surface area contributed by atoms with Crippen LogP contribution in [0.3, 0.4) is 0 Å². The first-order valence-electron chi connectivity index (χ1n) is 8.72. The molecular weight excluding hydrogens is 311 g/mol. The smallest absolute Gasteiger partial charge is 0.404 e. The summed E-state index contributed by atoms with van der Waals surface area (Å²) in [5, 5.41) is 0. The maximum absolute atomic E-state index is 12.9. The van der Waals surface area contributed by atoms with Crippen LogP contribution in [0, 0.1) is 11.7 Å². The molecule has 24 heavy (non-hydrogen) atoms. The molecule has 1 heterocycles. The monoisotopic (exact) mass is 336 g/mol. The number of carbonyl (C=O) groups excluding carboxylic acids is 1. The number of benzene rings is 1. The summed E-state index contributed by atoms with van der Waals surface area (Å²) in [7, 11) is 0. The van der Waals surface area contributed by atoms with E-state index >= 15 is 0 Å². The molecule has 2 fully saturated rings. The highest BCUT2D eigenvalue weighted by Crippen LogP contribution is 2.36. The van der Waals surface area contributed by atoms with Gasteiger partial charge < -0.3 is 15.2 Å². The fraction of sp³-hybridized carbons (Fsp3) is 0.611. The molecule has 3 unspecified atom stereocenters. The van der Waals surface area contributed by atoms with Gasteiger partial charge in [-0.05, 0) is 43.5 Å². The molecule has 0 radical (unpaired) electrons. The standard InChI is InChI=1S/C18H25FN2O3/c19-13-5-7-14(8-6-13)23-12-11-21-10-9-17(24-18(20)22)15-3-1-2-4-16(15)21/h5-8,15-17H,1-4,9-12H2,(H2,20,22). The van der Waals surface area contributed by atoms with Gasteiger partial charge in [-0.25, -0.2) is 9.18 Å². The van der Waals surface area contributed by atoms with Gasteiger partial charge in [-0.1, -0.05) is 12.8 Å². The molecule has 3 rings (SSSR count). The van der Waals surface area contributed by atoms with E-state index in [1.807, 2.05) is 0 Å². The molecule has 1 aromatic rings. The highest BCUT2D eigenvalue weighted by molar-refractivity contribution is 5.64. The SMILES string of the molecule is NC(=O)OC1CCN(CCOc2ccc(F)cc2)C2CCCCC12. The lowest BCUT2D eigenvalue weighted by Crippen LogP contribution is -2.54. The minimum Gasteiger partial charge on any atom is -0.492 e. The first kappa shape index (κ1) is 17.0. The average molecular weight is 336 g/mol. The molecule has 0 bridgehead atoms. The van der Waals surface area contributed by atoms with Crippen LogP contribution in [0.2, 0.25) is 0 Å². The topological polar surface area (TPSA) is 64.8 Å². The molecule has 0 aromatic heterocycles. The second-order valence-corrected chi connectivity index (χ2v) is 6.62. The van der Waals surface area contributed by atoms with Crippen LogP contribution >= 0.6 is 0 Å². The number of nitrogens with two attached hydrogens (primary N) is 1. The number of carbonyl (C=O) groups is 1. The zero-order valence-corrected chi connectivity index (χ0v) is 13.8. The van der Waals surface area contributed by atoms with Crippen LogP contribution in [0.4, 0.5) is 9.18 Å². The largest absolute Gasteiger partial charge is 0.492 e. The summed E-state index contributed by atoms with van der Waals surface area (Å²) < 4.78 is 24.0. The van der Waals surface area contributed by atoms with Gasteiger partial charge in [-0.15, -0.1) is 0 Å². The summed E-state index contributed by atoms with van der Waals surface area (Å²) in [6.45, 7) is 2.27. The zero-order valence-electron chi connectivity index (χ0n) is 13.8. The zero-order chi connectivity index (χ0) is 16.9. The lowest BCUT2D eigenvalue weighted by Gasteiger charge is -2.47. The van der Waals surface area contributed by atoms with Gasteiger partial charge in [-0.2, -0.15) is 0 Å². The first-order chi connectivity index (χ1) is 11.6. The Morgan fingerprint density at radius 1 is 1.21 bits per heavy atom. The Kier molecular flexibility index (Phi) is 5.56. The number of rotatable bonds is 5. The van der Waals surface area contributed by atoms with Gasteiger partial charge in [-0.3, -0.25) is 4.90 Å². The quantitative estimate of drug-likeness (QED) is 0.898. The number of hydrogen-bond acceptors (Lipinski definition) is 4. The van der Waals surface area contributed by atoms with E-state index in [-0.39, 0.29) is 11.9 Å². The molecule has 1 amide bonds. The van der Waals surface area contributed by atoms with Gasteiger partial charge in [0.2, 0.25) is 0 Å². The van der Waals surface area contributed by atoms with Crippen molar-refractivity contribution >= 4 is 6.09 Å². The van der Waals surface area contributed by atoms with Crippen LogP contribution in [0.25, 0.3) is 0 Å². The van der Waals surface area contributed by atoms with E-state index < -0.39 is 6.09 Å². The van der Waals surface area contributed by atoms with Crippen molar-refractivity contribution in [2.45, 2.75) is 44.2 Å². The molecule has 6 heteroatoms. The molecule has 3 atom stereocenters. The minimum absolute atomic E-state index is 0.0536. The van der Waals surface area contributed by atoms with Crippen molar-refractivity contribution in [3.63, 3.8) is 0 Å². The Bertz CT molecular complexity index is 552. The molecule has 132 valence electrons. The van der Waals surface area contributed by atoms with E-state index in [0.29, 0.717) is 24.3 Å². The van der Waals surface area contributed by atoms with Crippen LogP contribution in [0.1, 0.15) is 32.1 Å². The maximum atomic E-state index is 12.9. The Morgan fingerprint density at radius 2 is 1.96 bits per heavy atom. The van der Waals surface area contributed by atoms with E-state index in [0.717, 1.165) is 32.4 Å². The normalized spacial score (nSPS) is 27.3. The molecule has 2 N–H and O–H groups in total. The van der Waals surface area contributed by atoms with Crippen molar-refractivity contribution in [3.05, 3.63) is 30.1 Å². The molecule has 2 aliphatic rings. The predicted molar refractivity (Wildman–Crippen MR) is 88.3 cm³/mol. The molecular formula is C18H25FN2O3. The number of hydrogen-bond donors (Lipinski definition) is 1. The van der Waals surface area contributed by atoms with E-state index in [4.69, 9.17) is 15.2 Å². The molecule has 1 aliphatic carbocycles. The van der Waals surface area contributed by atoms with Gasteiger partial charge in [0, 0.05) is 25.0 Å². The number of nitrogens with zero attached hydrogens (tertiary/aromatic N) is 1. The summed E-state index contributed by atoms with van der Waals surface area (Å²) in [5.74, 6) is 0.790. The highest BCUT2D eigenvalue weighted by Gasteiger charge is 2.40. The van der Waals surface area contributed by atoms with Crippen molar-refractivity contribution < 1.29 is 18.7 Å². The number of amides is 1. The number of primary amides is 1. The van der Waals surface area contributed by atoms with Crippen LogP contribution in [-0.4, -0.2) is 42.8 Å². The van der Waals surface area contributed by atoms with Gasteiger partial charge in [0.25, 0.3) is 0 Å². The van der Waals surface area contributed by atoms with Crippen molar-refractivity contribution in [3.8, 4) is 5.75 Å². The summed E-state index contributed by atoms with van der Waals surface area (Å²) >= 11 is 0. The fourth-order valence-corrected chi connectivity index (χ4v) is 4.08. The Morgan fingerprint density at radius 3 is 2.71 bits per heavy atom. The lowest BCUT2D eigenvalue weighted by molar-refractivity contribution is -0.0443. The molecule has 1 aliphatic heterocycles. The predicted octanol–water partition coefficient (Wildman–Crippen LogP) is 2.93. The first-order valence-corrected chi connectivity index (χ1v) is 8.72. The van der Waals surface area contributed by atoms with Crippen molar-refractivity contribution in [1.29, 1.82) is 0 Å². The van der Waals surface area contributed by atoms with E-state index in [1.165, 1.54) is 25.0 Å². The number of piperidine rings is 1. The summed E-state index contributed by atoms with van der Waals surface area (Å²) in [6, 6.07) is 6.52. The van der Waals surface area contributed by atoms with Crippen LogP contribution < -0.4 is 10.5 Å². The Balaban J connectivity index is 1.54. The second kappa shape index (κ2) is 7.83. The number of halogens is 1. The molecule has 5 nitrogen and oxygen atoms in total. The van der Waals surface area contributed by atoms with E-state index in [2.05, 4.69) is 4.90 Å². The molecule has 0 spiro atoms. The molecule has 1 saturated heterocycles. The number of ether oxygens (including phenoxy) is 2. The molecule has 1 saturated carbocycles. The Hall–Kier alpha value is -1.82. The third kappa shape index (κ3) is 4.17. The van der Waals surface area contributed by atoms with Gasteiger partial charge in [0.15, 0.2) is 0 Å². The second-order valence-electron chi connectivity index (χ2n) is 6.62. The number of fused-ring (bicyclic) bond motifs is 1. The van der Waals surface area contributed by atoms with Gasteiger partial charge in [0.1, 0.15) is 24.3 Å². The van der Waals surface area contributed by atoms with E-state index in [9.17, 15) is 9.18 Å². The number of likely N-dealkylation sites (tertiary alicyclic amines) is 1. The maximum Gasteiger partial charge on any atom is 0.404 e. The molecule has 1 aromatic carbocycles. The van der Waals surface area contributed by atoms with Crippen LogP contribution in [0.15, 0.2) is 24.3 Å². The summed E-state index contributed by atoms with van der Waals surface area (Å²) in [4.78, 5) is 13.6. The average Bonchev–Trinajstić information content (AvgIpc) is 2.58. The Labute approximate surface area is 141 Å².